The number of halogens is 1. The molecule has 1 saturated heterocycles. The fourth-order valence-corrected chi connectivity index (χ4v) is 5.67. The van der Waals surface area contributed by atoms with Crippen LogP contribution in [0.3, 0.4) is 0 Å². The molecule has 6 heteroatoms. The normalized spacial score (nSPS) is 24.4. The van der Waals surface area contributed by atoms with Crippen molar-refractivity contribution in [3.8, 4) is 0 Å². The lowest BCUT2D eigenvalue weighted by Crippen LogP contribution is -2.53. The number of hydrogen-bond acceptors (Lipinski definition) is 3. The maximum atomic E-state index is 13.7. The van der Waals surface area contributed by atoms with Gasteiger partial charge in [-0.2, -0.15) is 0 Å². The van der Waals surface area contributed by atoms with Crippen LogP contribution in [0.15, 0.2) is 24.3 Å². The molecule has 3 rings (SSSR count). The summed E-state index contributed by atoms with van der Waals surface area (Å²) in [7, 11) is 0. The summed E-state index contributed by atoms with van der Waals surface area (Å²) < 4.78 is 13.7. The molecule has 1 heterocycles. The van der Waals surface area contributed by atoms with Crippen molar-refractivity contribution in [2.24, 2.45) is 11.8 Å². The van der Waals surface area contributed by atoms with E-state index >= 15 is 0 Å². The Kier molecular flexibility index (Phi) is 7.02. The van der Waals surface area contributed by atoms with Crippen LogP contribution < -0.4 is 5.32 Å². The van der Waals surface area contributed by atoms with Crippen LogP contribution in [0, 0.1) is 17.7 Å². The zero-order valence-corrected chi connectivity index (χ0v) is 17.8. The Balaban J connectivity index is 1.86. The van der Waals surface area contributed by atoms with Gasteiger partial charge in [0, 0.05) is 17.4 Å². The highest BCUT2D eigenvalue weighted by Crippen LogP contribution is 2.41. The monoisotopic (exact) mass is 406 g/mol. The summed E-state index contributed by atoms with van der Waals surface area (Å²) in [6, 6.07) is 5.33. The molecule has 28 heavy (non-hydrogen) atoms. The SMILES string of the molecule is CC(C)[C@H](C)NC(=O)[C@H]1CS[C@H](C2CCCCC2)N1C(=O)c1cccc(F)c1. The number of nitrogens with one attached hydrogen (secondary N) is 1. The van der Waals surface area contributed by atoms with E-state index < -0.39 is 11.9 Å². The van der Waals surface area contributed by atoms with E-state index in [2.05, 4.69) is 19.2 Å². The minimum Gasteiger partial charge on any atom is -0.352 e. The molecule has 1 aliphatic heterocycles. The highest BCUT2D eigenvalue weighted by molar-refractivity contribution is 8.00. The first-order valence-corrected chi connectivity index (χ1v) is 11.4. The van der Waals surface area contributed by atoms with Gasteiger partial charge < -0.3 is 10.2 Å². The summed E-state index contributed by atoms with van der Waals surface area (Å²) in [4.78, 5) is 28.1. The van der Waals surface area contributed by atoms with Crippen LogP contribution in [-0.4, -0.2) is 39.9 Å². The summed E-state index contributed by atoms with van der Waals surface area (Å²) in [6.45, 7) is 6.12. The predicted octanol–water partition coefficient (Wildman–Crippen LogP) is 4.45. The summed E-state index contributed by atoms with van der Waals surface area (Å²) in [5.41, 5.74) is 0.318. The van der Waals surface area contributed by atoms with E-state index in [9.17, 15) is 14.0 Å². The lowest BCUT2D eigenvalue weighted by molar-refractivity contribution is -0.126. The molecule has 0 aromatic heterocycles. The minimum absolute atomic E-state index is 0.0128. The van der Waals surface area contributed by atoms with Gasteiger partial charge >= 0.3 is 0 Å². The van der Waals surface area contributed by atoms with Crippen LogP contribution in [0.4, 0.5) is 4.39 Å². The van der Waals surface area contributed by atoms with Gasteiger partial charge in [-0.15, -0.1) is 11.8 Å². The first kappa shape index (κ1) is 21.2. The van der Waals surface area contributed by atoms with E-state index in [1.54, 1.807) is 28.8 Å². The number of amides is 2. The zero-order valence-electron chi connectivity index (χ0n) is 17.0. The average molecular weight is 407 g/mol. The maximum Gasteiger partial charge on any atom is 0.255 e. The standard InChI is InChI=1S/C22H31FN2O2S/c1-14(2)15(3)24-20(26)19-13-28-22(16-8-5-4-6-9-16)25(19)21(27)17-10-7-11-18(23)12-17/h7,10-12,14-16,19,22H,4-6,8-9,13H2,1-3H3,(H,24,26)/t15-,19+,22+/m0/s1. The molecule has 0 spiro atoms. The van der Waals surface area contributed by atoms with Crippen molar-refractivity contribution in [2.75, 3.05) is 5.75 Å². The Hall–Kier alpha value is -1.56. The first-order chi connectivity index (χ1) is 13.4. The van der Waals surface area contributed by atoms with Crippen LogP contribution >= 0.6 is 11.8 Å². The molecule has 1 saturated carbocycles. The fraction of sp³-hybridized carbons (Fsp3) is 0.636. The summed E-state index contributed by atoms with van der Waals surface area (Å²) in [6.07, 6.45) is 5.75. The molecule has 1 aromatic carbocycles. The Morgan fingerprint density at radius 3 is 2.54 bits per heavy atom. The van der Waals surface area contributed by atoms with Crippen molar-refractivity contribution in [3.63, 3.8) is 0 Å². The van der Waals surface area contributed by atoms with E-state index in [4.69, 9.17) is 0 Å². The van der Waals surface area contributed by atoms with Crippen molar-refractivity contribution in [1.82, 2.24) is 10.2 Å². The minimum atomic E-state index is -0.506. The van der Waals surface area contributed by atoms with E-state index in [0.717, 1.165) is 12.8 Å². The Bertz CT molecular complexity index is 706. The van der Waals surface area contributed by atoms with Gasteiger partial charge in [0.25, 0.3) is 5.91 Å². The number of thioether (sulfide) groups is 1. The van der Waals surface area contributed by atoms with Crippen molar-refractivity contribution < 1.29 is 14.0 Å². The molecular formula is C22H31FN2O2S. The van der Waals surface area contributed by atoms with Gasteiger partial charge in [0.1, 0.15) is 11.9 Å². The van der Waals surface area contributed by atoms with Gasteiger partial charge in [-0.05, 0) is 49.8 Å². The third-order valence-corrected chi connectivity index (χ3v) is 7.53. The second-order valence-corrected chi connectivity index (χ2v) is 9.55. The quantitative estimate of drug-likeness (QED) is 0.786. The Labute approximate surface area is 171 Å². The van der Waals surface area contributed by atoms with Crippen molar-refractivity contribution in [1.29, 1.82) is 0 Å². The highest BCUT2D eigenvalue weighted by Gasteiger charge is 2.45. The average Bonchev–Trinajstić information content (AvgIpc) is 3.13. The molecular weight excluding hydrogens is 375 g/mol. The van der Waals surface area contributed by atoms with Gasteiger partial charge in [0.05, 0.1) is 5.37 Å². The van der Waals surface area contributed by atoms with Crippen molar-refractivity contribution in [2.45, 2.75) is 70.3 Å². The fourth-order valence-electron chi connectivity index (χ4n) is 4.03. The maximum absolute atomic E-state index is 13.7. The number of benzene rings is 1. The van der Waals surface area contributed by atoms with E-state index in [0.29, 0.717) is 23.2 Å². The Morgan fingerprint density at radius 1 is 1.18 bits per heavy atom. The largest absolute Gasteiger partial charge is 0.352 e. The number of hydrogen-bond donors (Lipinski definition) is 1. The molecule has 4 nitrogen and oxygen atoms in total. The molecule has 1 aromatic rings. The number of carbonyl (C=O) groups is 2. The third kappa shape index (κ3) is 4.70. The van der Waals surface area contributed by atoms with E-state index in [1.165, 1.54) is 31.4 Å². The third-order valence-electron chi connectivity index (χ3n) is 6.07. The predicted molar refractivity (Wildman–Crippen MR) is 112 cm³/mol. The Morgan fingerprint density at radius 2 is 1.89 bits per heavy atom. The lowest BCUT2D eigenvalue weighted by Gasteiger charge is -2.36. The van der Waals surface area contributed by atoms with Crippen molar-refractivity contribution >= 4 is 23.6 Å². The van der Waals surface area contributed by atoms with Gasteiger partial charge in [0.15, 0.2) is 0 Å². The molecule has 2 fully saturated rings. The van der Waals surface area contributed by atoms with Crippen LogP contribution in [-0.2, 0) is 4.79 Å². The topological polar surface area (TPSA) is 49.4 Å². The molecule has 3 atom stereocenters. The zero-order chi connectivity index (χ0) is 20.3. The second kappa shape index (κ2) is 9.29. The molecule has 1 N–H and O–H groups in total. The van der Waals surface area contributed by atoms with Crippen LogP contribution in [0.25, 0.3) is 0 Å². The van der Waals surface area contributed by atoms with E-state index in [-0.39, 0.29) is 23.2 Å². The smallest absolute Gasteiger partial charge is 0.255 e. The molecule has 0 radical (unpaired) electrons. The number of rotatable bonds is 5. The van der Waals surface area contributed by atoms with Gasteiger partial charge in [0.2, 0.25) is 5.91 Å². The van der Waals surface area contributed by atoms with Gasteiger partial charge in [-0.25, -0.2) is 4.39 Å². The van der Waals surface area contributed by atoms with Crippen LogP contribution in [0.2, 0.25) is 0 Å². The van der Waals surface area contributed by atoms with Crippen LogP contribution in [0.5, 0.6) is 0 Å². The molecule has 1 aliphatic carbocycles. The second-order valence-electron chi connectivity index (χ2n) is 8.40. The van der Waals surface area contributed by atoms with E-state index in [1.807, 2.05) is 6.92 Å². The van der Waals surface area contributed by atoms with Crippen LogP contribution in [0.1, 0.15) is 63.2 Å². The molecule has 0 bridgehead atoms. The number of carbonyl (C=O) groups excluding carboxylic acids is 2. The summed E-state index contributed by atoms with van der Waals surface area (Å²) >= 11 is 1.71. The molecule has 0 unspecified atom stereocenters. The van der Waals surface area contributed by atoms with Gasteiger partial charge in [-0.3, -0.25) is 9.59 Å². The summed E-state index contributed by atoms with van der Waals surface area (Å²) in [5.74, 6) is 0.547. The van der Waals surface area contributed by atoms with Gasteiger partial charge in [-0.1, -0.05) is 39.2 Å². The first-order valence-electron chi connectivity index (χ1n) is 10.4. The molecule has 2 aliphatic rings. The molecule has 2 amide bonds. The summed E-state index contributed by atoms with van der Waals surface area (Å²) in [5, 5.41) is 3.06. The lowest BCUT2D eigenvalue weighted by atomic mass is 9.88. The van der Waals surface area contributed by atoms with Crippen molar-refractivity contribution in [3.05, 3.63) is 35.6 Å². The number of nitrogens with zero attached hydrogens (tertiary/aromatic N) is 1. The highest BCUT2D eigenvalue weighted by atomic mass is 32.2. The molecule has 154 valence electrons.